The van der Waals surface area contributed by atoms with Crippen LogP contribution in [0, 0.1) is 17.0 Å². The van der Waals surface area contributed by atoms with Crippen LogP contribution in [0.2, 0.25) is 0 Å². The molecule has 0 saturated carbocycles. The first-order chi connectivity index (χ1) is 13.3. The van der Waals surface area contributed by atoms with Gasteiger partial charge in [-0.05, 0) is 24.6 Å². The molecular formula is C19H23N3O5S. The number of anilines is 1. The van der Waals surface area contributed by atoms with E-state index in [1.54, 1.807) is 11.9 Å². The van der Waals surface area contributed by atoms with Crippen LogP contribution in [-0.4, -0.2) is 51.0 Å². The molecule has 0 aromatic heterocycles. The van der Waals surface area contributed by atoms with Gasteiger partial charge >= 0.3 is 0 Å². The Kier molecular flexibility index (Phi) is 5.97. The second-order valence-electron chi connectivity index (χ2n) is 6.77. The highest BCUT2D eigenvalue weighted by Crippen LogP contribution is 2.32. The smallest absolute Gasteiger partial charge is 0.293 e. The van der Waals surface area contributed by atoms with Gasteiger partial charge in [0.05, 0.1) is 23.0 Å². The molecule has 0 bridgehead atoms. The number of nitrogens with zero attached hydrogens (tertiary/aromatic N) is 3. The molecular weight excluding hydrogens is 382 g/mol. The van der Waals surface area contributed by atoms with Gasteiger partial charge in [-0.1, -0.05) is 29.8 Å². The number of sulfonamides is 1. The van der Waals surface area contributed by atoms with Crippen molar-refractivity contribution < 1.29 is 18.1 Å². The molecule has 1 saturated heterocycles. The molecule has 0 aliphatic carbocycles. The molecule has 2 aromatic carbocycles. The van der Waals surface area contributed by atoms with E-state index in [0.29, 0.717) is 25.4 Å². The van der Waals surface area contributed by atoms with Crippen molar-refractivity contribution in [3.8, 4) is 0 Å². The van der Waals surface area contributed by atoms with Crippen molar-refractivity contribution in [3.63, 3.8) is 0 Å². The number of hydrogen-bond donors (Lipinski definition) is 0. The second kappa shape index (κ2) is 8.26. The average Bonchev–Trinajstić information content (AvgIpc) is 2.69. The Morgan fingerprint density at radius 3 is 2.39 bits per heavy atom. The molecule has 3 rings (SSSR count). The molecule has 0 spiro atoms. The Balaban J connectivity index is 1.90. The fourth-order valence-corrected chi connectivity index (χ4v) is 4.55. The lowest BCUT2D eigenvalue weighted by Crippen LogP contribution is -2.40. The molecule has 0 amide bonds. The van der Waals surface area contributed by atoms with Crippen LogP contribution in [0.1, 0.15) is 11.1 Å². The summed E-state index contributed by atoms with van der Waals surface area (Å²) < 4.78 is 32.1. The first-order valence-corrected chi connectivity index (χ1v) is 10.4. The number of nitro benzene ring substituents is 1. The van der Waals surface area contributed by atoms with E-state index >= 15 is 0 Å². The van der Waals surface area contributed by atoms with Crippen molar-refractivity contribution in [1.29, 1.82) is 0 Å². The van der Waals surface area contributed by atoms with E-state index in [-0.39, 0.29) is 23.7 Å². The molecule has 1 heterocycles. The van der Waals surface area contributed by atoms with Crippen LogP contribution in [0.25, 0.3) is 0 Å². The number of morpholine rings is 1. The van der Waals surface area contributed by atoms with Gasteiger partial charge in [-0.25, -0.2) is 8.42 Å². The van der Waals surface area contributed by atoms with Crippen molar-refractivity contribution in [1.82, 2.24) is 4.31 Å². The summed E-state index contributed by atoms with van der Waals surface area (Å²) >= 11 is 0. The molecule has 1 aliphatic rings. The summed E-state index contributed by atoms with van der Waals surface area (Å²) in [6.07, 6.45) is 0. The van der Waals surface area contributed by atoms with Gasteiger partial charge in [0.1, 0.15) is 5.69 Å². The maximum absolute atomic E-state index is 12.8. The highest BCUT2D eigenvalue weighted by Gasteiger charge is 2.29. The number of ether oxygens (including phenoxy) is 1. The molecule has 1 aliphatic heterocycles. The Morgan fingerprint density at radius 1 is 1.14 bits per heavy atom. The van der Waals surface area contributed by atoms with Crippen LogP contribution < -0.4 is 4.90 Å². The van der Waals surface area contributed by atoms with Crippen LogP contribution in [0.5, 0.6) is 0 Å². The average molecular weight is 405 g/mol. The quantitative estimate of drug-likeness (QED) is 0.542. The van der Waals surface area contributed by atoms with Gasteiger partial charge in [-0.3, -0.25) is 10.1 Å². The predicted molar refractivity (Wildman–Crippen MR) is 106 cm³/mol. The van der Waals surface area contributed by atoms with E-state index in [4.69, 9.17) is 4.74 Å². The van der Waals surface area contributed by atoms with Crippen molar-refractivity contribution in [2.75, 3.05) is 38.3 Å². The first kappa shape index (κ1) is 20.2. The number of benzene rings is 2. The van der Waals surface area contributed by atoms with E-state index in [0.717, 1.165) is 17.2 Å². The lowest BCUT2D eigenvalue weighted by molar-refractivity contribution is -0.384. The van der Waals surface area contributed by atoms with Gasteiger partial charge in [0.2, 0.25) is 10.0 Å². The third-order valence-corrected chi connectivity index (χ3v) is 6.60. The van der Waals surface area contributed by atoms with Crippen LogP contribution >= 0.6 is 0 Å². The summed E-state index contributed by atoms with van der Waals surface area (Å²) in [5.74, 6) is 0. The van der Waals surface area contributed by atoms with E-state index in [1.807, 2.05) is 31.2 Å². The SMILES string of the molecule is Cc1ccc(CN(C)c2ccc(S(=O)(=O)N3CCOCC3)cc2[N+](=O)[O-])cc1. The topological polar surface area (TPSA) is 93.0 Å². The maximum atomic E-state index is 12.8. The van der Waals surface area contributed by atoms with Crippen molar-refractivity contribution in [2.45, 2.75) is 18.4 Å². The Morgan fingerprint density at radius 2 is 1.79 bits per heavy atom. The minimum absolute atomic E-state index is 0.0754. The van der Waals surface area contributed by atoms with Gasteiger partial charge in [-0.15, -0.1) is 0 Å². The highest BCUT2D eigenvalue weighted by atomic mass is 32.2. The van der Waals surface area contributed by atoms with Crippen LogP contribution in [0.4, 0.5) is 11.4 Å². The summed E-state index contributed by atoms with van der Waals surface area (Å²) in [5, 5.41) is 11.6. The predicted octanol–water partition coefficient (Wildman–Crippen LogP) is 2.56. The maximum Gasteiger partial charge on any atom is 0.293 e. The lowest BCUT2D eigenvalue weighted by Gasteiger charge is -2.26. The third-order valence-electron chi connectivity index (χ3n) is 4.70. The number of nitro groups is 1. The van der Waals surface area contributed by atoms with E-state index < -0.39 is 14.9 Å². The number of rotatable bonds is 6. The molecule has 0 atom stereocenters. The zero-order valence-corrected chi connectivity index (χ0v) is 16.7. The van der Waals surface area contributed by atoms with E-state index in [1.165, 1.54) is 16.4 Å². The Bertz CT molecular complexity index is 954. The molecule has 28 heavy (non-hydrogen) atoms. The molecule has 8 nitrogen and oxygen atoms in total. The van der Waals surface area contributed by atoms with E-state index in [2.05, 4.69) is 0 Å². The fraction of sp³-hybridized carbons (Fsp3) is 0.368. The summed E-state index contributed by atoms with van der Waals surface area (Å²) in [5.41, 5.74) is 2.28. The van der Waals surface area contributed by atoms with Crippen LogP contribution in [0.15, 0.2) is 47.4 Å². The molecule has 150 valence electrons. The Labute approximate surface area is 164 Å². The van der Waals surface area contributed by atoms with Crippen molar-refractivity contribution in [3.05, 3.63) is 63.7 Å². The summed E-state index contributed by atoms with van der Waals surface area (Å²) in [6.45, 7) is 3.58. The van der Waals surface area contributed by atoms with E-state index in [9.17, 15) is 18.5 Å². The minimum atomic E-state index is -3.79. The molecule has 0 radical (unpaired) electrons. The van der Waals surface area contributed by atoms with Gasteiger partial charge in [0.25, 0.3) is 5.69 Å². The zero-order valence-electron chi connectivity index (χ0n) is 15.9. The number of aryl methyl sites for hydroxylation is 1. The monoisotopic (exact) mass is 405 g/mol. The van der Waals surface area contributed by atoms with Crippen LogP contribution in [0.3, 0.4) is 0 Å². The van der Waals surface area contributed by atoms with Gasteiger partial charge in [0.15, 0.2) is 0 Å². The highest BCUT2D eigenvalue weighted by molar-refractivity contribution is 7.89. The largest absolute Gasteiger partial charge is 0.379 e. The number of hydrogen-bond acceptors (Lipinski definition) is 6. The first-order valence-electron chi connectivity index (χ1n) is 8.92. The fourth-order valence-electron chi connectivity index (χ4n) is 3.12. The molecule has 2 aromatic rings. The summed E-state index contributed by atoms with van der Waals surface area (Å²) in [4.78, 5) is 12.8. The molecule has 0 N–H and O–H groups in total. The van der Waals surface area contributed by atoms with Crippen molar-refractivity contribution >= 4 is 21.4 Å². The van der Waals surface area contributed by atoms with Gasteiger partial charge < -0.3 is 9.64 Å². The third kappa shape index (κ3) is 4.32. The van der Waals surface area contributed by atoms with Crippen molar-refractivity contribution in [2.24, 2.45) is 0 Å². The molecule has 0 unspecified atom stereocenters. The standard InChI is InChI=1S/C19H23N3O5S/c1-15-3-5-16(6-4-15)14-20(2)18-8-7-17(13-19(18)22(23)24)28(25,26)21-9-11-27-12-10-21/h3-8,13H,9-12,14H2,1-2H3. The second-order valence-corrected chi connectivity index (χ2v) is 8.70. The summed E-state index contributed by atoms with van der Waals surface area (Å²) in [7, 11) is -2.05. The molecule has 1 fully saturated rings. The lowest BCUT2D eigenvalue weighted by atomic mass is 10.1. The van der Waals surface area contributed by atoms with Gasteiger partial charge in [-0.2, -0.15) is 4.31 Å². The zero-order chi connectivity index (χ0) is 20.3. The Hall–Kier alpha value is -2.49. The normalized spacial score (nSPS) is 15.4. The summed E-state index contributed by atoms with van der Waals surface area (Å²) in [6, 6.07) is 12.0. The van der Waals surface area contributed by atoms with Crippen LogP contribution in [-0.2, 0) is 21.3 Å². The minimum Gasteiger partial charge on any atom is -0.379 e. The molecule has 9 heteroatoms. The van der Waals surface area contributed by atoms with Gasteiger partial charge in [0, 0.05) is 32.7 Å².